The molecule has 0 saturated heterocycles. The van der Waals surface area contributed by atoms with Crippen molar-refractivity contribution in [3.05, 3.63) is 157 Å². The molecule has 0 radical (unpaired) electrons. The first-order valence-electron chi connectivity index (χ1n) is 15.6. The van der Waals surface area contributed by atoms with E-state index in [0.29, 0.717) is 0 Å². The molecule has 0 amide bonds. The maximum absolute atomic E-state index is 5.25. The molecule has 0 atom stereocenters. The van der Waals surface area contributed by atoms with Gasteiger partial charge in [-0.15, -0.1) is 0 Å². The minimum Gasteiger partial charge on any atom is -0.228 e. The van der Waals surface area contributed by atoms with Crippen LogP contribution in [-0.4, -0.2) is 9.97 Å². The lowest BCUT2D eigenvalue weighted by atomic mass is 9.81. The van der Waals surface area contributed by atoms with Gasteiger partial charge >= 0.3 is 0 Å². The highest BCUT2D eigenvalue weighted by atomic mass is 14.9. The lowest BCUT2D eigenvalue weighted by Crippen LogP contribution is -2.14. The Balaban J connectivity index is 1.29. The minimum atomic E-state index is -0.121. The van der Waals surface area contributed by atoms with Crippen molar-refractivity contribution in [3.63, 3.8) is 0 Å². The Morgan fingerprint density at radius 1 is 0.422 bits per heavy atom. The highest BCUT2D eigenvalue weighted by Crippen LogP contribution is 2.53. The van der Waals surface area contributed by atoms with Crippen LogP contribution in [0.2, 0.25) is 0 Å². The minimum absolute atomic E-state index is 0.121. The van der Waals surface area contributed by atoms with Crippen LogP contribution in [0.3, 0.4) is 0 Å². The van der Waals surface area contributed by atoms with E-state index in [4.69, 9.17) is 9.97 Å². The van der Waals surface area contributed by atoms with E-state index >= 15 is 0 Å². The van der Waals surface area contributed by atoms with Crippen LogP contribution in [0.1, 0.15) is 25.0 Å². The zero-order chi connectivity index (χ0) is 30.1. The fraction of sp³-hybridized carbons (Fsp3) is 0.0698. The van der Waals surface area contributed by atoms with Crippen LogP contribution in [0.15, 0.2) is 146 Å². The quantitative estimate of drug-likeness (QED) is 0.196. The molecule has 0 saturated carbocycles. The lowest BCUT2D eigenvalue weighted by molar-refractivity contribution is 0.661. The van der Waals surface area contributed by atoms with E-state index < -0.39 is 0 Å². The smallest absolute Gasteiger partial charge is 0.160 e. The van der Waals surface area contributed by atoms with E-state index in [1.165, 1.54) is 54.6 Å². The average molecular weight is 575 g/mol. The third-order valence-electron chi connectivity index (χ3n) is 9.64. The summed E-state index contributed by atoms with van der Waals surface area (Å²) in [4.78, 5) is 10.4. The van der Waals surface area contributed by atoms with Gasteiger partial charge in [0.2, 0.25) is 0 Å². The van der Waals surface area contributed by atoms with Crippen molar-refractivity contribution in [2.75, 3.05) is 0 Å². The van der Waals surface area contributed by atoms with E-state index in [2.05, 4.69) is 153 Å². The van der Waals surface area contributed by atoms with Gasteiger partial charge in [-0.1, -0.05) is 135 Å². The zero-order valence-electron chi connectivity index (χ0n) is 25.3. The van der Waals surface area contributed by atoms with Gasteiger partial charge in [-0.25, -0.2) is 9.97 Å². The van der Waals surface area contributed by atoms with Crippen LogP contribution in [0.4, 0.5) is 0 Å². The molecule has 45 heavy (non-hydrogen) atoms. The molecule has 1 heterocycles. The second-order valence-electron chi connectivity index (χ2n) is 12.6. The van der Waals surface area contributed by atoms with Crippen LogP contribution < -0.4 is 0 Å². The number of fused-ring (bicyclic) bond motifs is 7. The fourth-order valence-corrected chi connectivity index (χ4v) is 7.31. The second kappa shape index (κ2) is 9.70. The van der Waals surface area contributed by atoms with Crippen LogP contribution in [0.25, 0.3) is 77.3 Å². The van der Waals surface area contributed by atoms with Gasteiger partial charge in [0.1, 0.15) is 0 Å². The van der Waals surface area contributed by atoms with E-state index in [1.54, 1.807) is 0 Å². The Labute approximate surface area is 262 Å². The largest absolute Gasteiger partial charge is 0.228 e. The molecule has 0 unspecified atom stereocenters. The molecule has 0 fully saturated rings. The molecule has 0 N–H and O–H groups in total. The number of hydrogen-bond donors (Lipinski definition) is 0. The summed E-state index contributed by atoms with van der Waals surface area (Å²) in [5.74, 6) is 0.732. The van der Waals surface area contributed by atoms with Gasteiger partial charge in [0, 0.05) is 22.1 Å². The van der Waals surface area contributed by atoms with Crippen LogP contribution in [-0.2, 0) is 5.41 Å². The maximum Gasteiger partial charge on any atom is 0.160 e. The average Bonchev–Trinajstić information content (AvgIpc) is 3.32. The standard InChI is InChI=1S/C43H30N2/c1-43(2)37-18-10-17-35(41(37)36-24-29-14-6-7-15-30(29)25-38(36)43)40-26-39(44-42(45-40)28-12-4-3-5-13-28)32-21-22-34-31(23-32)20-19-27-11-8-9-16-33(27)34/h3-26H,1-2H3. The van der Waals surface area contributed by atoms with Gasteiger partial charge in [-0.05, 0) is 78.8 Å². The Bertz CT molecular complexity index is 2450. The van der Waals surface area contributed by atoms with Crippen molar-refractivity contribution in [1.82, 2.24) is 9.97 Å². The molecular weight excluding hydrogens is 544 g/mol. The van der Waals surface area contributed by atoms with E-state index in [-0.39, 0.29) is 5.41 Å². The molecule has 1 aliphatic carbocycles. The number of aromatic nitrogens is 2. The highest BCUT2D eigenvalue weighted by Gasteiger charge is 2.37. The summed E-state index contributed by atoms with van der Waals surface area (Å²) in [6, 6.07) is 52.3. The number of benzene rings is 7. The summed E-state index contributed by atoms with van der Waals surface area (Å²) in [6.07, 6.45) is 0. The van der Waals surface area contributed by atoms with Crippen molar-refractivity contribution in [2.45, 2.75) is 19.3 Å². The lowest BCUT2D eigenvalue weighted by Gasteiger charge is -2.22. The first kappa shape index (κ1) is 25.9. The summed E-state index contributed by atoms with van der Waals surface area (Å²) < 4.78 is 0. The summed E-state index contributed by atoms with van der Waals surface area (Å²) in [7, 11) is 0. The van der Waals surface area contributed by atoms with Crippen molar-refractivity contribution >= 4 is 32.3 Å². The third-order valence-corrected chi connectivity index (χ3v) is 9.64. The predicted octanol–water partition coefficient (Wildman–Crippen LogP) is 11.2. The first-order valence-corrected chi connectivity index (χ1v) is 15.6. The number of nitrogens with zero attached hydrogens (tertiary/aromatic N) is 2. The molecule has 8 aromatic rings. The Morgan fingerprint density at radius 2 is 1.11 bits per heavy atom. The summed E-state index contributed by atoms with van der Waals surface area (Å²) >= 11 is 0. The van der Waals surface area contributed by atoms with E-state index in [0.717, 1.165) is 33.9 Å². The molecule has 7 aromatic carbocycles. The molecular formula is C43H30N2. The molecule has 212 valence electrons. The van der Waals surface area contributed by atoms with Crippen LogP contribution in [0, 0.1) is 0 Å². The molecule has 9 rings (SSSR count). The fourth-order valence-electron chi connectivity index (χ4n) is 7.31. The number of hydrogen-bond acceptors (Lipinski definition) is 2. The molecule has 1 aromatic heterocycles. The predicted molar refractivity (Wildman–Crippen MR) is 188 cm³/mol. The van der Waals surface area contributed by atoms with E-state index in [1.807, 2.05) is 6.07 Å². The molecule has 0 spiro atoms. The van der Waals surface area contributed by atoms with Gasteiger partial charge in [0.15, 0.2) is 5.82 Å². The van der Waals surface area contributed by atoms with Crippen molar-refractivity contribution in [1.29, 1.82) is 0 Å². The first-order chi connectivity index (χ1) is 22.0. The van der Waals surface area contributed by atoms with Gasteiger partial charge < -0.3 is 0 Å². The van der Waals surface area contributed by atoms with Gasteiger partial charge in [-0.3, -0.25) is 0 Å². The maximum atomic E-state index is 5.25. The van der Waals surface area contributed by atoms with Gasteiger partial charge in [0.25, 0.3) is 0 Å². The summed E-state index contributed by atoms with van der Waals surface area (Å²) in [5.41, 5.74) is 10.2. The highest BCUT2D eigenvalue weighted by molar-refractivity contribution is 6.08. The van der Waals surface area contributed by atoms with Crippen LogP contribution >= 0.6 is 0 Å². The topological polar surface area (TPSA) is 25.8 Å². The normalized spacial score (nSPS) is 13.3. The molecule has 0 aliphatic heterocycles. The molecule has 1 aliphatic rings. The summed E-state index contributed by atoms with van der Waals surface area (Å²) in [6.45, 7) is 4.69. The Hall–Kier alpha value is -5.60. The Kier molecular flexibility index (Phi) is 5.58. The summed E-state index contributed by atoms with van der Waals surface area (Å²) in [5, 5.41) is 7.51. The van der Waals surface area contributed by atoms with Gasteiger partial charge in [0.05, 0.1) is 11.4 Å². The second-order valence-corrected chi connectivity index (χ2v) is 12.6. The third kappa shape index (κ3) is 4.03. The molecule has 2 nitrogen and oxygen atoms in total. The van der Waals surface area contributed by atoms with Crippen molar-refractivity contribution in [2.24, 2.45) is 0 Å². The van der Waals surface area contributed by atoms with Crippen LogP contribution in [0.5, 0.6) is 0 Å². The van der Waals surface area contributed by atoms with E-state index in [9.17, 15) is 0 Å². The molecule has 2 heteroatoms. The zero-order valence-corrected chi connectivity index (χ0v) is 25.3. The Morgan fingerprint density at radius 3 is 1.96 bits per heavy atom. The van der Waals surface area contributed by atoms with Crippen molar-refractivity contribution in [3.8, 4) is 45.0 Å². The monoisotopic (exact) mass is 574 g/mol. The van der Waals surface area contributed by atoms with Crippen molar-refractivity contribution < 1.29 is 0 Å². The number of rotatable bonds is 3. The molecule has 0 bridgehead atoms. The SMILES string of the molecule is CC1(C)c2cc3ccccc3cc2-c2c(-c3cc(-c4ccc5c(ccc6ccccc65)c4)nc(-c4ccccc4)n3)cccc21. The van der Waals surface area contributed by atoms with Gasteiger partial charge in [-0.2, -0.15) is 0 Å².